The van der Waals surface area contributed by atoms with E-state index in [0.29, 0.717) is 11.4 Å². The Bertz CT molecular complexity index is 734. The Kier molecular flexibility index (Phi) is 5.03. The molecule has 5 heteroatoms. The van der Waals surface area contributed by atoms with Crippen molar-refractivity contribution in [2.24, 2.45) is 0 Å². The van der Waals surface area contributed by atoms with Crippen LogP contribution in [0.3, 0.4) is 0 Å². The molecule has 0 spiro atoms. The maximum absolute atomic E-state index is 13.0. The number of carbonyl (C=O) groups is 2. The minimum absolute atomic E-state index is 0.00963. The number of nitrogens with one attached hydrogen (secondary N) is 1. The van der Waals surface area contributed by atoms with E-state index < -0.39 is 11.4 Å². The zero-order valence-electron chi connectivity index (χ0n) is 13.9. The van der Waals surface area contributed by atoms with Crippen molar-refractivity contribution >= 4 is 17.6 Å². The van der Waals surface area contributed by atoms with Crippen LogP contribution in [0.5, 0.6) is 5.75 Å². The molecular formula is C20H21NO4. The molecule has 130 valence electrons. The number of carbonyl (C=O) groups excluding carboxylic acids is 1. The molecule has 0 radical (unpaired) electrons. The average Bonchev–Trinajstić information content (AvgIpc) is 3.13. The fourth-order valence-electron chi connectivity index (χ4n) is 3.41. The molecule has 2 aromatic rings. The van der Waals surface area contributed by atoms with E-state index in [2.05, 4.69) is 5.32 Å². The van der Waals surface area contributed by atoms with Gasteiger partial charge in [0, 0.05) is 5.69 Å². The zero-order chi connectivity index (χ0) is 17.7. The number of hydrogen-bond acceptors (Lipinski definition) is 3. The molecule has 0 unspecified atom stereocenters. The van der Waals surface area contributed by atoms with Gasteiger partial charge in [0.1, 0.15) is 5.75 Å². The largest absolute Gasteiger partial charge is 0.482 e. The average molecular weight is 339 g/mol. The van der Waals surface area contributed by atoms with Gasteiger partial charge in [0.25, 0.3) is 0 Å². The summed E-state index contributed by atoms with van der Waals surface area (Å²) in [5.41, 5.74) is 1.26. The van der Waals surface area contributed by atoms with Gasteiger partial charge >= 0.3 is 5.97 Å². The summed E-state index contributed by atoms with van der Waals surface area (Å²) in [7, 11) is 0. The molecule has 1 aliphatic rings. The topological polar surface area (TPSA) is 75.6 Å². The number of rotatable bonds is 6. The number of amides is 1. The van der Waals surface area contributed by atoms with Crippen LogP contribution in [0.4, 0.5) is 5.69 Å². The second-order valence-electron chi connectivity index (χ2n) is 6.32. The summed E-state index contributed by atoms with van der Waals surface area (Å²) in [6.45, 7) is -0.386. The van der Waals surface area contributed by atoms with Crippen LogP contribution >= 0.6 is 0 Å². The fraction of sp³-hybridized carbons (Fsp3) is 0.300. The Morgan fingerprint density at radius 1 is 1.00 bits per heavy atom. The van der Waals surface area contributed by atoms with E-state index in [-0.39, 0.29) is 12.5 Å². The molecule has 0 aliphatic heterocycles. The number of aliphatic carboxylic acids is 1. The third kappa shape index (κ3) is 3.82. The third-order valence-electron chi connectivity index (χ3n) is 4.69. The van der Waals surface area contributed by atoms with Crippen LogP contribution in [0.1, 0.15) is 31.2 Å². The Morgan fingerprint density at radius 2 is 1.64 bits per heavy atom. The molecule has 0 atom stereocenters. The smallest absolute Gasteiger partial charge is 0.341 e. The van der Waals surface area contributed by atoms with Gasteiger partial charge in [0.2, 0.25) is 5.91 Å². The molecule has 2 aromatic carbocycles. The van der Waals surface area contributed by atoms with E-state index >= 15 is 0 Å². The maximum Gasteiger partial charge on any atom is 0.341 e. The number of carboxylic acids is 1. The number of hydrogen-bond donors (Lipinski definition) is 2. The number of benzene rings is 2. The van der Waals surface area contributed by atoms with Gasteiger partial charge in [-0.3, -0.25) is 4.79 Å². The number of ether oxygens (including phenoxy) is 1. The van der Waals surface area contributed by atoms with Crippen molar-refractivity contribution in [3.05, 3.63) is 60.2 Å². The predicted molar refractivity (Wildman–Crippen MR) is 94.8 cm³/mol. The van der Waals surface area contributed by atoms with Crippen molar-refractivity contribution < 1.29 is 19.4 Å². The highest BCUT2D eigenvalue weighted by Crippen LogP contribution is 2.42. The van der Waals surface area contributed by atoms with Crippen molar-refractivity contribution in [3.8, 4) is 5.75 Å². The van der Waals surface area contributed by atoms with Gasteiger partial charge in [-0.25, -0.2) is 4.79 Å². The second kappa shape index (κ2) is 7.38. The lowest BCUT2D eigenvalue weighted by atomic mass is 9.78. The van der Waals surface area contributed by atoms with Gasteiger partial charge in [0.05, 0.1) is 5.41 Å². The molecule has 0 saturated heterocycles. The summed E-state index contributed by atoms with van der Waals surface area (Å²) in [6, 6.07) is 16.7. The summed E-state index contributed by atoms with van der Waals surface area (Å²) in [5.74, 6) is -0.558. The lowest BCUT2D eigenvalue weighted by Crippen LogP contribution is -2.37. The Morgan fingerprint density at radius 3 is 2.24 bits per heavy atom. The first-order chi connectivity index (χ1) is 12.1. The van der Waals surface area contributed by atoms with Crippen molar-refractivity contribution in [2.75, 3.05) is 11.9 Å². The molecular weight excluding hydrogens is 318 g/mol. The first kappa shape index (κ1) is 17.0. The molecule has 1 fully saturated rings. The van der Waals surface area contributed by atoms with E-state index in [4.69, 9.17) is 9.84 Å². The maximum atomic E-state index is 13.0. The zero-order valence-corrected chi connectivity index (χ0v) is 13.9. The highest BCUT2D eigenvalue weighted by molar-refractivity contribution is 5.99. The van der Waals surface area contributed by atoms with Crippen molar-refractivity contribution in [3.63, 3.8) is 0 Å². The van der Waals surface area contributed by atoms with Crippen LogP contribution < -0.4 is 10.1 Å². The van der Waals surface area contributed by atoms with Crippen LogP contribution in [0.15, 0.2) is 54.6 Å². The summed E-state index contributed by atoms with van der Waals surface area (Å²) in [5, 5.41) is 11.6. The Hall–Kier alpha value is -2.82. The highest BCUT2D eigenvalue weighted by Gasteiger charge is 2.42. The summed E-state index contributed by atoms with van der Waals surface area (Å²) >= 11 is 0. The molecule has 25 heavy (non-hydrogen) atoms. The van der Waals surface area contributed by atoms with Gasteiger partial charge in [-0.15, -0.1) is 0 Å². The first-order valence-electron chi connectivity index (χ1n) is 8.42. The van der Waals surface area contributed by atoms with Crippen LogP contribution in [-0.4, -0.2) is 23.6 Å². The summed E-state index contributed by atoms with van der Waals surface area (Å²) in [4.78, 5) is 23.5. The molecule has 3 rings (SSSR count). The van der Waals surface area contributed by atoms with Crippen LogP contribution in [0.25, 0.3) is 0 Å². The van der Waals surface area contributed by atoms with E-state index in [0.717, 1.165) is 31.2 Å². The van der Waals surface area contributed by atoms with Crippen LogP contribution in [-0.2, 0) is 15.0 Å². The molecule has 2 N–H and O–H groups in total. The van der Waals surface area contributed by atoms with Gasteiger partial charge in [-0.1, -0.05) is 43.2 Å². The van der Waals surface area contributed by atoms with Crippen molar-refractivity contribution in [1.82, 2.24) is 0 Å². The second-order valence-corrected chi connectivity index (χ2v) is 6.32. The Balaban J connectivity index is 1.73. The van der Waals surface area contributed by atoms with Crippen LogP contribution in [0, 0.1) is 0 Å². The summed E-state index contributed by atoms with van der Waals surface area (Å²) < 4.78 is 5.10. The number of anilines is 1. The molecule has 1 amide bonds. The quantitative estimate of drug-likeness (QED) is 0.843. The highest BCUT2D eigenvalue weighted by atomic mass is 16.5. The van der Waals surface area contributed by atoms with Gasteiger partial charge in [-0.05, 0) is 42.7 Å². The van der Waals surface area contributed by atoms with E-state index in [9.17, 15) is 9.59 Å². The molecule has 0 heterocycles. The molecule has 5 nitrogen and oxygen atoms in total. The fourth-order valence-corrected chi connectivity index (χ4v) is 3.41. The standard InChI is InChI=1S/C20H21NO4/c22-18(23)14-25-17-10-8-16(9-11-17)21-19(24)20(12-4-5-13-20)15-6-2-1-3-7-15/h1-3,6-11H,4-5,12-14H2,(H,21,24)(H,22,23). The van der Waals surface area contributed by atoms with Crippen LogP contribution in [0.2, 0.25) is 0 Å². The van der Waals surface area contributed by atoms with E-state index in [1.165, 1.54) is 0 Å². The summed E-state index contributed by atoms with van der Waals surface area (Å²) in [6.07, 6.45) is 3.79. The molecule has 1 saturated carbocycles. The van der Waals surface area contributed by atoms with Gasteiger partial charge in [0.15, 0.2) is 6.61 Å². The SMILES string of the molecule is O=C(O)COc1ccc(NC(=O)C2(c3ccccc3)CCCC2)cc1. The Labute approximate surface area is 146 Å². The van der Waals surface area contributed by atoms with Gasteiger partial charge < -0.3 is 15.2 Å². The van der Waals surface area contributed by atoms with Crippen molar-refractivity contribution in [2.45, 2.75) is 31.1 Å². The molecule has 0 aromatic heterocycles. The minimum atomic E-state index is -1.02. The monoisotopic (exact) mass is 339 g/mol. The van der Waals surface area contributed by atoms with Gasteiger partial charge in [-0.2, -0.15) is 0 Å². The number of carboxylic acid groups (broad SMARTS) is 1. The lowest BCUT2D eigenvalue weighted by Gasteiger charge is -2.28. The third-order valence-corrected chi connectivity index (χ3v) is 4.69. The minimum Gasteiger partial charge on any atom is -0.482 e. The molecule has 0 bridgehead atoms. The first-order valence-corrected chi connectivity index (χ1v) is 8.42. The lowest BCUT2D eigenvalue weighted by molar-refractivity contribution is -0.139. The van der Waals surface area contributed by atoms with Crippen molar-refractivity contribution in [1.29, 1.82) is 0 Å². The van der Waals surface area contributed by atoms with E-state index in [1.807, 2.05) is 30.3 Å². The van der Waals surface area contributed by atoms with E-state index in [1.54, 1.807) is 24.3 Å². The predicted octanol–water partition coefficient (Wildman–Crippen LogP) is 3.60. The normalized spacial score (nSPS) is 15.5. The molecule has 1 aliphatic carbocycles.